The van der Waals surface area contributed by atoms with Gasteiger partial charge >= 0.3 is 0 Å². The molecule has 1 aromatic carbocycles. The predicted molar refractivity (Wildman–Crippen MR) is 117 cm³/mol. The second-order valence-corrected chi connectivity index (χ2v) is 7.84. The Balaban J connectivity index is 1.28. The van der Waals surface area contributed by atoms with Crippen molar-refractivity contribution >= 4 is 11.6 Å². The van der Waals surface area contributed by atoms with Crippen LogP contribution in [0.1, 0.15) is 19.3 Å². The molecule has 2 saturated heterocycles. The molecule has 0 aromatic heterocycles. The van der Waals surface area contributed by atoms with Crippen molar-refractivity contribution in [3.8, 4) is 5.75 Å². The highest BCUT2D eigenvalue weighted by Gasteiger charge is 2.23. The van der Waals surface area contributed by atoms with E-state index in [2.05, 4.69) is 38.7 Å². The van der Waals surface area contributed by atoms with Gasteiger partial charge in [-0.05, 0) is 37.3 Å². The lowest BCUT2D eigenvalue weighted by Crippen LogP contribution is -2.40. The van der Waals surface area contributed by atoms with E-state index in [-0.39, 0.29) is 0 Å². The fraction of sp³-hybridized carbons (Fsp3) is 0.682. The number of ether oxygens (including phenoxy) is 3. The molecular weight excluding hydrogens is 368 g/mol. The molecule has 0 saturated carbocycles. The Morgan fingerprint density at radius 2 is 2.21 bits per heavy atom. The number of aliphatic imine (C=N–C) groups is 1. The van der Waals surface area contributed by atoms with Crippen molar-refractivity contribution in [1.82, 2.24) is 10.6 Å². The first-order chi connectivity index (χ1) is 14.3. The van der Waals surface area contributed by atoms with E-state index in [1.54, 1.807) is 7.11 Å². The van der Waals surface area contributed by atoms with E-state index in [0.29, 0.717) is 11.8 Å². The molecule has 0 aliphatic carbocycles. The first-order valence-corrected chi connectivity index (χ1v) is 10.8. The summed E-state index contributed by atoms with van der Waals surface area (Å²) in [6, 6.07) is 8.30. The van der Waals surface area contributed by atoms with Gasteiger partial charge in [0.15, 0.2) is 5.96 Å². The van der Waals surface area contributed by atoms with Crippen molar-refractivity contribution in [1.29, 1.82) is 0 Å². The highest BCUT2D eigenvalue weighted by molar-refractivity contribution is 5.79. The van der Waals surface area contributed by atoms with Crippen molar-refractivity contribution in [2.45, 2.75) is 19.3 Å². The monoisotopic (exact) mass is 404 g/mol. The van der Waals surface area contributed by atoms with E-state index in [9.17, 15) is 0 Å². The molecule has 2 N–H and O–H groups in total. The predicted octanol–water partition coefficient (Wildman–Crippen LogP) is 2.13. The average Bonchev–Trinajstić information content (AvgIpc) is 3.45. The molecule has 2 unspecified atom stereocenters. The lowest BCUT2D eigenvalue weighted by atomic mass is 10.1. The normalized spacial score (nSPS) is 22.1. The number of hydrogen-bond acceptors (Lipinski definition) is 5. The molecule has 0 radical (unpaired) electrons. The maximum Gasteiger partial charge on any atom is 0.190 e. The zero-order valence-corrected chi connectivity index (χ0v) is 17.9. The fourth-order valence-electron chi connectivity index (χ4n) is 3.85. The van der Waals surface area contributed by atoms with Gasteiger partial charge in [-0.25, -0.2) is 0 Å². The third-order valence-electron chi connectivity index (χ3n) is 5.62. The molecule has 2 fully saturated rings. The summed E-state index contributed by atoms with van der Waals surface area (Å²) in [6.07, 6.45) is 3.28. The topological polar surface area (TPSA) is 67.4 Å². The molecule has 29 heavy (non-hydrogen) atoms. The number of benzene rings is 1. The Labute approximate surface area is 174 Å². The maximum absolute atomic E-state index is 5.75. The fourth-order valence-corrected chi connectivity index (χ4v) is 3.85. The Kier molecular flexibility index (Phi) is 8.89. The zero-order chi connectivity index (χ0) is 20.3. The summed E-state index contributed by atoms with van der Waals surface area (Å²) >= 11 is 0. The lowest BCUT2D eigenvalue weighted by Gasteiger charge is -2.20. The minimum absolute atomic E-state index is 0.584. The zero-order valence-electron chi connectivity index (χ0n) is 17.9. The van der Waals surface area contributed by atoms with Gasteiger partial charge in [0.05, 0.1) is 20.3 Å². The smallest absolute Gasteiger partial charge is 0.190 e. The van der Waals surface area contributed by atoms with Crippen LogP contribution in [0, 0.1) is 11.8 Å². The van der Waals surface area contributed by atoms with E-state index in [1.807, 2.05) is 13.1 Å². The van der Waals surface area contributed by atoms with Gasteiger partial charge in [0, 0.05) is 64.1 Å². The summed E-state index contributed by atoms with van der Waals surface area (Å²) in [4.78, 5) is 6.76. The van der Waals surface area contributed by atoms with Gasteiger partial charge < -0.3 is 29.7 Å². The van der Waals surface area contributed by atoms with Gasteiger partial charge in [-0.3, -0.25) is 4.99 Å². The van der Waals surface area contributed by atoms with E-state index >= 15 is 0 Å². The molecule has 2 heterocycles. The molecule has 0 bridgehead atoms. The van der Waals surface area contributed by atoms with Crippen LogP contribution in [0.25, 0.3) is 0 Å². The van der Waals surface area contributed by atoms with Crippen LogP contribution in [-0.2, 0) is 9.47 Å². The van der Waals surface area contributed by atoms with E-state index in [4.69, 9.17) is 14.2 Å². The molecule has 7 nitrogen and oxygen atoms in total. The van der Waals surface area contributed by atoms with Gasteiger partial charge in [-0.1, -0.05) is 6.07 Å². The summed E-state index contributed by atoms with van der Waals surface area (Å²) < 4.78 is 16.5. The third kappa shape index (κ3) is 7.08. The minimum atomic E-state index is 0.584. The summed E-state index contributed by atoms with van der Waals surface area (Å²) in [7, 11) is 3.54. The second kappa shape index (κ2) is 11.9. The summed E-state index contributed by atoms with van der Waals surface area (Å²) in [5, 5.41) is 6.86. The number of nitrogens with one attached hydrogen (secondary N) is 2. The Hall–Kier alpha value is -1.99. The van der Waals surface area contributed by atoms with Gasteiger partial charge in [0.1, 0.15) is 5.75 Å². The largest absolute Gasteiger partial charge is 0.497 e. The summed E-state index contributed by atoms with van der Waals surface area (Å²) in [5.41, 5.74) is 1.23. The summed E-state index contributed by atoms with van der Waals surface area (Å²) in [5.74, 6) is 2.97. The molecule has 3 rings (SSSR count). The molecular formula is C22H36N4O3. The van der Waals surface area contributed by atoms with Crippen molar-refractivity contribution in [3.63, 3.8) is 0 Å². The molecule has 0 amide bonds. The van der Waals surface area contributed by atoms with Gasteiger partial charge in [-0.15, -0.1) is 0 Å². The molecule has 0 spiro atoms. The van der Waals surface area contributed by atoms with E-state index in [1.165, 1.54) is 12.1 Å². The Morgan fingerprint density at radius 3 is 3.00 bits per heavy atom. The van der Waals surface area contributed by atoms with Crippen LogP contribution in [-0.4, -0.2) is 72.7 Å². The summed E-state index contributed by atoms with van der Waals surface area (Å²) in [6.45, 7) is 7.25. The van der Waals surface area contributed by atoms with Crippen molar-refractivity contribution in [2.75, 3.05) is 71.7 Å². The van der Waals surface area contributed by atoms with Crippen LogP contribution in [0.15, 0.2) is 29.3 Å². The number of anilines is 1. The van der Waals surface area contributed by atoms with Gasteiger partial charge in [0.2, 0.25) is 0 Å². The van der Waals surface area contributed by atoms with Crippen molar-refractivity contribution in [3.05, 3.63) is 24.3 Å². The number of guanidine groups is 1. The number of rotatable bonds is 10. The minimum Gasteiger partial charge on any atom is -0.497 e. The SMILES string of the molecule is CN=C(NCCCOCC1CCOC1)NCC1CCN(c2cccc(OC)c2)C1. The average molecular weight is 405 g/mol. The quantitative estimate of drug-likeness (QED) is 0.354. The molecule has 1 aromatic rings. The highest BCUT2D eigenvalue weighted by Crippen LogP contribution is 2.26. The van der Waals surface area contributed by atoms with Crippen LogP contribution in [0.2, 0.25) is 0 Å². The number of nitrogens with zero attached hydrogens (tertiary/aromatic N) is 2. The maximum atomic E-state index is 5.75. The Bertz CT molecular complexity index is 634. The van der Waals surface area contributed by atoms with Crippen LogP contribution >= 0.6 is 0 Å². The van der Waals surface area contributed by atoms with Crippen LogP contribution in [0.4, 0.5) is 5.69 Å². The molecule has 2 aliphatic heterocycles. The second-order valence-electron chi connectivity index (χ2n) is 7.84. The van der Waals surface area contributed by atoms with Gasteiger partial charge in [0.25, 0.3) is 0 Å². The first-order valence-electron chi connectivity index (χ1n) is 10.8. The van der Waals surface area contributed by atoms with Crippen LogP contribution < -0.4 is 20.3 Å². The molecule has 162 valence electrons. The Morgan fingerprint density at radius 1 is 1.28 bits per heavy atom. The molecule has 2 atom stereocenters. The highest BCUT2D eigenvalue weighted by atomic mass is 16.5. The van der Waals surface area contributed by atoms with Crippen LogP contribution in [0.3, 0.4) is 0 Å². The van der Waals surface area contributed by atoms with E-state index < -0.39 is 0 Å². The lowest BCUT2D eigenvalue weighted by molar-refractivity contribution is 0.0888. The number of hydrogen-bond donors (Lipinski definition) is 2. The van der Waals surface area contributed by atoms with Crippen LogP contribution in [0.5, 0.6) is 5.75 Å². The number of methoxy groups -OCH3 is 1. The third-order valence-corrected chi connectivity index (χ3v) is 5.62. The van der Waals surface area contributed by atoms with E-state index in [0.717, 1.165) is 77.2 Å². The standard InChI is InChI=1S/C22H36N4O3/c1-23-22(24-9-4-11-28-16-19-8-12-29-17-19)25-14-18-7-10-26(15-18)20-5-3-6-21(13-20)27-2/h3,5-6,13,18-19H,4,7-12,14-17H2,1-2H3,(H2,23,24,25). The molecule has 7 heteroatoms. The van der Waals surface area contributed by atoms with Gasteiger partial charge in [-0.2, -0.15) is 0 Å². The van der Waals surface area contributed by atoms with Crippen molar-refractivity contribution in [2.24, 2.45) is 16.8 Å². The first kappa shape index (κ1) is 21.7. The van der Waals surface area contributed by atoms with Crippen molar-refractivity contribution < 1.29 is 14.2 Å². The molecule has 2 aliphatic rings.